The van der Waals surface area contributed by atoms with Gasteiger partial charge in [0.2, 0.25) is 0 Å². The van der Waals surface area contributed by atoms with Crippen molar-refractivity contribution >= 4 is 17.6 Å². The predicted molar refractivity (Wildman–Crippen MR) is 91.3 cm³/mol. The molecule has 0 saturated carbocycles. The summed E-state index contributed by atoms with van der Waals surface area (Å²) in [7, 11) is 0. The monoisotopic (exact) mass is 366 g/mol. The summed E-state index contributed by atoms with van der Waals surface area (Å²) in [5.74, 6) is -2.24. The number of nitrogens with zero attached hydrogens (tertiary/aromatic N) is 1. The van der Waals surface area contributed by atoms with Crippen molar-refractivity contribution in [2.75, 3.05) is 26.4 Å². The molecular formula is C17H22N2O7. The summed E-state index contributed by atoms with van der Waals surface area (Å²) in [6, 6.07) is 3.91. The molecule has 1 unspecified atom stereocenters. The van der Waals surface area contributed by atoms with Crippen molar-refractivity contribution in [3.8, 4) is 5.75 Å². The van der Waals surface area contributed by atoms with E-state index in [4.69, 9.17) is 9.47 Å². The van der Waals surface area contributed by atoms with E-state index in [2.05, 4.69) is 5.32 Å². The Labute approximate surface area is 150 Å². The first-order valence-electron chi connectivity index (χ1n) is 8.44. The second kappa shape index (κ2) is 9.14. The van der Waals surface area contributed by atoms with Gasteiger partial charge in [-0.1, -0.05) is 0 Å². The van der Waals surface area contributed by atoms with Gasteiger partial charge in [0.05, 0.1) is 17.4 Å². The van der Waals surface area contributed by atoms with Gasteiger partial charge in [-0.05, 0) is 37.8 Å². The lowest BCUT2D eigenvalue weighted by atomic mass is 9.86. The summed E-state index contributed by atoms with van der Waals surface area (Å²) in [6.45, 7) is 2.99. The Balaban J connectivity index is 2.13. The number of ether oxygens (including phenoxy) is 2. The van der Waals surface area contributed by atoms with Crippen LogP contribution in [0.4, 0.5) is 5.69 Å². The van der Waals surface area contributed by atoms with E-state index in [1.807, 2.05) is 0 Å². The molecule has 0 aromatic heterocycles. The first-order chi connectivity index (χ1) is 12.4. The highest BCUT2D eigenvalue weighted by atomic mass is 16.6. The number of carbonyl (C=O) groups is 2. The molecule has 1 aliphatic rings. The van der Waals surface area contributed by atoms with Crippen molar-refractivity contribution < 1.29 is 29.1 Å². The fraction of sp³-hybridized carbons (Fsp3) is 0.529. The van der Waals surface area contributed by atoms with Gasteiger partial charge < -0.3 is 19.9 Å². The van der Waals surface area contributed by atoms with E-state index in [-0.39, 0.29) is 23.7 Å². The van der Waals surface area contributed by atoms with Crippen LogP contribution in [0, 0.1) is 22.0 Å². The third kappa shape index (κ3) is 4.92. The van der Waals surface area contributed by atoms with Crippen LogP contribution in [0.1, 0.15) is 30.1 Å². The second-order valence-corrected chi connectivity index (χ2v) is 5.97. The lowest BCUT2D eigenvalue weighted by Gasteiger charge is -2.27. The van der Waals surface area contributed by atoms with Gasteiger partial charge in [-0.2, -0.15) is 0 Å². The first-order valence-corrected chi connectivity index (χ1v) is 8.44. The van der Waals surface area contributed by atoms with Crippen LogP contribution in [0.3, 0.4) is 0 Å². The van der Waals surface area contributed by atoms with Crippen LogP contribution < -0.4 is 10.1 Å². The zero-order chi connectivity index (χ0) is 19.1. The van der Waals surface area contributed by atoms with E-state index in [9.17, 15) is 24.8 Å². The molecule has 9 nitrogen and oxygen atoms in total. The molecule has 26 heavy (non-hydrogen) atoms. The smallest absolute Gasteiger partial charge is 0.308 e. The van der Waals surface area contributed by atoms with Crippen molar-refractivity contribution in [1.82, 2.24) is 5.32 Å². The summed E-state index contributed by atoms with van der Waals surface area (Å²) in [4.78, 5) is 34.5. The average molecular weight is 366 g/mol. The quantitative estimate of drug-likeness (QED) is 0.531. The largest absolute Gasteiger partial charge is 0.494 e. The number of amides is 1. The Morgan fingerprint density at radius 2 is 2.12 bits per heavy atom. The fourth-order valence-electron chi connectivity index (χ4n) is 2.98. The molecule has 2 rings (SSSR count). The standard InChI is InChI=1S/C17H22N2O7/c1-2-26-12-3-4-15(19(23)24)13(9-12)16(20)18-10-14(17(21)22)11-5-7-25-8-6-11/h3-4,9,11,14H,2,5-8,10H2,1H3,(H,18,20)(H,21,22). The molecule has 1 aromatic rings. The van der Waals surface area contributed by atoms with Gasteiger partial charge in [0.25, 0.3) is 11.6 Å². The van der Waals surface area contributed by atoms with Crippen molar-refractivity contribution in [3.63, 3.8) is 0 Å². The molecular weight excluding hydrogens is 344 g/mol. The summed E-state index contributed by atoms with van der Waals surface area (Å²) in [5.41, 5.74) is -0.513. The van der Waals surface area contributed by atoms with Gasteiger partial charge in [0, 0.05) is 25.8 Å². The molecule has 0 radical (unpaired) electrons. The summed E-state index contributed by atoms with van der Waals surface area (Å²) in [5, 5.41) is 23.1. The molecule has 0 spiro atoms. The van der Waals surface area contributed by atoms with Crippen LogP contribution in [-0.4, -0.2) is 48.3 Å². The average Bonchev–Trinajstić information content (AvgIpc) is 2.62. The number of hydrogen-bond donors (Lipinski definition) is 2. The van der Waals surface area contributed by atoms with Gasteiger partial charge in [-0.25, -0.2) is 0 Å². The van der Waals surface area contributed by atoms with Gasteiger partial charge in [-0.3, -0.25) is 19.7 Å². The zero-order valence-electron chi connectivity index (χ0n) is 14.5. The van der Waals surface area contributed by atoms with Crippen LogP contribution >= 0.6 is 0 Å². The SMILES string of the molecule is CCOc1ccc([N+](=O)[O-])c(C(=O)NCC(C(=O)O)C2CCOCC2)c1. The van der Waals surface area contributed by atoms with Crippen LogP contribution in [0.25, 0.3) is 0 Å². The minimum Gasteiger partial charge on any atom is -0.494 e. The van der Waals surface area contributed by atoms with Gasteiger partial charge in [0.1, 0.15) is 11.3 Å². The maximum atomic E-state index is 12.4. The van der Waals surface area contributed by atoms with E-state index in [1.165, 1.54) is 18.2 Å². The van der Waals surface area contributed by atoms with Crippen LogP contribution in [0.2, 0.25) is 0 Å². The number of hydrogen-bond acceptors (Lipinski definition) is 6. The summed E-state index contributed by atoms with van der Waals surface area (Å²) >= 11 is 0. The number of aliphatic carboxylic acids is 1. The Morgan fingerprint density at radius 1 is 1.42 bits per heavy atom. The highest BCUT2D eigenvalue weighted by Crippen LogP contribution is 2.26. The Bertz CT molecular complexity index is 671. The third-order valence-corrected chi connectivity index (χ3v) is 4.36. The second-order valence-electron chi connectivity index (χ2n) is 5.97. The van der Waals surface area contributed by atoms with Crippen molar-refractivity contribution in [2.24, 2.45) is 11.8 Å². The molecule has 1 atom stereocenters. The van der Waals surface area contributed by atoms with Crippen molar-refractivity contribution in [1.29, 1.82) is 0 Å². The lowest BCUT2D eigenvalue weighted by Crippen LogP contribution is -2.39. The highest BCUT2D eigenvalue weighted by Gasteiger charge is 2.31. The minimum absolute atomic E-state index is 0.102. The molecule has 1 amide bonds. The summed E-state index contributed by atoms with van der Waals surface area (Å²) in [6.07, 6.45) is 1.21. The maximum absolute atomic E-state index is 12.4. The molecule has 1 aromatic carbocycles. The Kier molecular flexibility index (Phi) is 6.90. The van der Waals surface area contributed by atoms with Gasteiger partial charge in [0.15, 0.2) is 0 Å². The number of nitro groups is 1. The molecule has 1 heterocycles. The number of benzene rings is 1. The lowest BCUT2D eigenvalue weighted by molar-refractivity contribution is -0.385. The molecule has 0 aliphatic carbocycles. The van der Waals surface area contributed by atoms with Crippen molar-refractivity contribution in [2.45, 2.75) is 19.8 Å². The Morgan fingerprint density at radius 3 is 2.69 bits per heavy atom. The molecule has 0 bridgehead atoms. The zero-order valence-corrected chi connectivity index (χ0v) is 14.5. The molecule has 1 fully saturated rings. The number of nitrogens with one attached hydrogen (secondary N) is 1. The van der Waals surface area contributed by atoms with E-state index in [1.54, 1.807) is 6.92 Å². The number of carbonyl (C=O) groups excluding carboxylic acids is 1. The maximum Gasteiger partial charge on any atom is 0.308 e. The van der Waals surface area contributed by atoms with Crippen LogP contribution in [0.5, 0.6) is 5.75 Å². The number of nitro benzene ring substituents is 1. The Hall–Kier alpha value is -2.68. The molecule has 2 N–H and O–H groups in total. The highest BCUT2D eigenvalue weighted by molar-refractivity contribution is 5.98. The van der Waals surface area contributed by atoms with Crippen LogP contribution in [-0.2, 0) is 9.53 Å². The van der Waals surface area contributed by atoms with Crippen LogP contribution in [0.15, 0.2) is 18.2 Å². The van der Waals surface area contributed by atoms with E-state index in [0.717, 1.165) is 0 Å². The third-order valence-electron chi connectivity index (χ3n) is 4.36. The minimum atomic E-state index is -1.00. The first kappa shape index (κ1) is 19.6. The predicted octanol–water partition coefficient (Wildman–Crippen LogP) is 1.85. The van der Waals surface area contributed by atoms with Gasteiger partial charge in [-0.15, -0.1) is 0 Å². The van der Waals surface area contributed by atoms with E-state index < -0.39 is 22.7 Å². The molecule has 1 aliphatic heterocycles. The number of rotatable bonds is 8. The van der Waals surface area contributed by atoms with Crippen molar-refractivity contribution in [3.05, 3.63) is 33.9 Å². The summed E-state index contributed by atoms with van der Waals surface area (Å²) < 4.78 is 10.5. The number of carboxylic acid groups (broad SMARTS) is 1. The van der Waals surface area contributed by atoms with E-state index in [0.29, 0.717) is 38.4 Å². The molecule has 9 heteroatoms. The molecule has 1 saturated heterocycles. The normalized spacial score (nSPS) is 15.9. The topological polar surface area (TPSA) is 128 Å². The van der Waals surface area contributed by atoms with Gasteiger partial charge >= 0.3 is 5.97 Å². The fourth-order valence-corrected chi connectivity index (χ4v) is 2.98. The molecule has 142 valence electrons. The number of carboxylic acids is 1. The van der Waals surface area contributed by atoms with E-state index >= 15 is 0 Å².